The number of carbonyl (C=O) groups excluding carboxylic acids is 1. The predicted octanol–water partition coefficient (Wildman–Crippen LogP) is 5.58. The van der Waals surface area contributed by atoms with Gasteiger partial charge in [-0.05, 0) is 54.8 Å². The summed E-state index contributed by atoms with van der Waals surface area (Å²) in [7, 11) is 3.19. The second-order valence-electron chi connectivity index (χ2n) is 8.41. The Balaban J connectivity index is 1.28. The van der Waals surface area contributed by atoms with Crippen molar-refractivity contribution in [3.8, 4) is 23.0 Å². The highest BCUT2D eigenvalue weighted by atomic mass is 16.5. The molecule has 1 N–H and O–H groups in total. The molecule has 1 saturated heterocycles. The van der Waals surface area contributed by atoms with Crippen molar-refractivity contribution in [3.05, 3.63) is 84.6 Å². The summed E-state index contributed by atoms with van der Waals surface area (Å²) in [5, 5.41) is 3.95. The lowest BCUT2D eigenvalue weighted by molar-refractivity contribution is 0.236. The van der Waals surface area contributed by atoms with Crippen molar-refractivity contribution in [3.63, 3.8) is 0 Å². The first kappa shape index (κ1) is 22.5. The van der Waals surface area contributed by atoms with E-state index < -0.39 is 0 Å². The number of ether oxygens (including phenoxy) is 3. The molecule has 2 heterocycles. The number of rotatable bonds is 7. The molecule has 2 amide bonds. The Morgan fingerprint density at radius 3 is 2.40 bits per heavy atom. The number of anilines is 1. The third-order valence-corrected chi connectivity index (χ3v) is 6.18. The van der Waals surface area contributed by atoms with Crippen LogP contribution in [0.4, 0.5) is 10.5 Å². The molecule has 7 heteroatoms. The minimum absolute atomic E-state index is 0.0768. The van der Waals surface area contributed by atoms with E-state index in [1.165, 1.54) is 5.56 Å². The largest absolute Gasteiger partial charge is 0.493 e. The van der Waals surface area contributed by atoms with E-state index in [-0.39, 0.29) is 12.1 Å². The summed E-state index contributed by atoms with van der Waals surface area (Å²) in [5.74, 6) is 2.54. The fraction of sp³-hybridized carbons (Fsp3) is 0.214. The number of benzene rings is 3. The van der Waals surface area contributed by atoms with E-state index >= 15 is 0 Å². The van der Waals surface area contributed by atoms with Crippen molar-refractivity contribution in [2.24, 2.45) is 0 Å². The molecule has 7 nitrogen and oxygen atoms in total. The highest BCUT2D eigenvalue weighted by Gasteiger charge is 2.26. The van der Waals surface area contributed by atoms with Crippen LogP contribution in [0.3, 0.4) is 0 Å². The van der Waals surface area contributed by atoms with Crippen molar-refractivity contribution >= 4 is 22.6 Å². The van der Waals surface area contributed by atoms with Crippen LogP contribution in [0.5, 0.6) is 23.0 Å². The highest BCUT2D eigenvalue weighted by molar-refractivity contribution is 5.93. The topological polar surface area (TPSA) is 72.9 Å². The normalized spacial score (nSPS) is 15.5. The molecule has 1 unspecified atom stereocenters. The van der Waals surface area contributed by atoms with Crippen molar-refractivity contribution in [2.45, 2.75) is 18.9 Å². The number of fused-ring (bicyclic) bond motifs is 1. The van der Waals surface area contributed by atoms with Gasteiger partial charge < -0.3 is 19.5 Å². The quantitative estimate of drug-likeness (QED) is 0.383. The maximum Gasteiger partial charge on any atom is 0.322 e. The van der Waals surface area contributed by atoms with Crippen LogP contribution in [-0.2, 0) is 6.42 Å². The molecule has 4 aromatic rings. The third-order valence-electron chi connectivity index (χ3n) is 6.18. The lowest BCUT2D eigenvalue weighted by Gasteiger charge is -2.33. The van der Waals surface area contributed by atoms with Gasteiger partial charge in [0.15, 0.2) is 11.5 Å². The van der Waals surface area contributed by atoms with Gasteiger partial charge in [-0.2, -0.15) is 0 Å². The molecule has 3 aromatic carbocycles. The van der Waals surface area contributed by atoms with Crippen LogP contribution >= 0.6 is 0 Å². The first-order chi connectivity index (χ1) is 17.1. The minimum Gasteiger partial charge on any atom is -0.493 e. The molecule has 1 aliphatic heterocycles. The second-order valence-corrected chi connectivity index (χ2v) is 8.41. The van der Waals surface area contributed by atoms with Gasteiger partial charge in [-0.1, -0.05) is 30.3 Å². The van der Waals surface area contributed by atoms with Crippen LogP contribution in [0.1, 0.15) is 12.0 Å². The van der Waals surface area contributed by atoms with E-state index in [4.69, 9.17) is 14.2 Å². The molecule has 1 aromatic heterocycles. The van der Waals surface area contributed by atoms with Gasteiger partial charge >= 0.3 is 6.03 Å². The van der Waals surface area contributed by atoms with Crippen LogP contribution in [0.2, 0.25) is 0 Å². The van der Waals surface area contributed by atoms with Crippen molar-refractivity contribution in [2.75, 3.05) is 25.7 Å². The predicted molar refractivity (Wildman–Crippen MR) is 136 cm³/mol. The van der Waals surface area contributed by atoms with Gasteiger partial charge in [-0.15, -0.1) is 0 Å². The van der Waals surface area contributed by atoms with E-state index in [2.05, 4.69) is 22.4 Å². The summed E-state index contributed by atoms with van der Waals surface area (Å²) in [6.45, 7) is 0.667. The van der Waals surface area contributed by atoms with Gasteiger partial charge in [-0.25, -0.2) is 4.79 Å². The Hall–Kier alpha value is -4.26. The van der Waals surface area contributed by atoms with E-state index in [1.807, 2.05) is 60.7 Å². The monoisotopic (exact) mass is 469 g/mol. The standard InChI is InChI=1S/C28H27N3O4/c1-33-26-17-23-24(18-27(26)34-2)29-14-12-25(23)35-22-10-8-21(9-11-22)31-15-13-20(30-28(31)32)16-19-6-4-3-5-7-19/h3-12,14,17-18,20H,13,15-16H2,1-2H3,(H,30,32). The second kappa shape index (κ2) is 9.93. The molecule has 0 radical (unpaired) electrons. The first-order valence-electron chi connectivity index (χ1n) is 11.5. The van der Waals surface area contributed by atoms with Gasteiger partial charge in [0.2, 0.25) is 0 Å². The number of pyridine rings is 1. The van der Waals surface area contributed by atoms with Crippen LogP contribution in [0.25, 0.3) is 10.9 Å². The molecular weight excluding hydrogens is 442 g/mol. The number of hydrogen-bond acceptors (Lipinski definition) is 5. The molecule has 1 fully saturated rings. The molecule has 1 aliphatic rings. The lowest BCUT2D eigenvalue weighted by atomic mass is 10.0. The number of urea groups is 1. The van der Waals surface area contributed by atoms with Gasteiger partial charge in [0.05, 0.1) is 19.7 Å². The number of hydrogen-bond donors (Lipinski definition) is 1. The SMILES string of the molecule is COc1cc2nccc(Oc3ccc(N4CCC(Cc5ccccc5)NC4=O)cc3)c2cc1OC. The van der Waals surface area contributed by atoms with Gasteiger partial charge in [0.1, 0.15) is 11.5 Å². The zero-order valence-corrected chi connectivity index (χ0v) is 19.7. The molecular formula is C28H27N3O4. The van der Waals surface area contributed by atoms with E-state index in [1.54, 1.807) is 25.3 Å². The average Bonchev–Trinajstić information content (AvgIpc) is 2.89. The summed E-state index contributed by atoms with van der Waals surface area (Å²) in [6.07, 6.45) is 3.42. The van der Waals surface area contributed by atoms with Gasteiger partial charge in [0.25, 0.3) is 0 Å². The number of amides is 2. The van der Waals surface area contributed by atoms with Crippen molar-refractivity contribution in [1.82, 2.24) is 10.3 Å². The molecule has 0 spiro atoms. The lowest BCUT2D eigenvalue weighted by Crippen LogP contribution is -2.52. The molecule has 178 valence electrons. The van der Waals surface area contributed by atoms with Gasteiger partial charge in [-0.3, -0.25) is 9.88 Å². The van der Waals surface area contributed by atoms with E-state index in [9.17, 15) is 4.79 Å². The van der Waals surface area contributed by atoms with Crippen LogP contribution in [0, 0.1) is 0 Å². The number of carbonyl (C=O) groups is 1. The Morgan fingerprint density at radius 2 is 1.69 bits per heavy atom. The molecule has 0 aliphatic carbocycles. The maximum absolute atomic E-state index is 12.8. The fourth-order valence-electron chi connectivity index (χ4n) is 4.37. The zero-order valence-electron chi connectivity index (χ0n) is 19.7. The van der Waals surface area contributed by atoms with E-state index in [0.717, 1.165) is 29.4 Å². The van der Waals surface area contributed by atoms with Crippen LogP contribution < -0.4 is 24.4 Å². The number of nitrogens with one attached hydrogen (secondary N) is 1. The molecule has 0 bridgehead atoms. The average molecular weight is 470 g/mol. The van der Waals surface area contributed by atoms with Crippen molar-refractivity contribution < 1.29 is 19.0 Å². The summed E-state index contributed by atoms with van der Waals surface area (Å²) in [6, 6.07) is 23.3. The Labute approximate surface area is 204 Å². The third kappa shape index (κ3) is 4.84. The molecule has 1 atom stereocenters. The molecule has 5 rings (SSSR count). The maximum atomic E-state index is 12.8. The van der Waals surface area contributed by atoms with Crippen LogP contribution in [-0.4, -0.2) is 37.8 Å². The van der Waals surface area contributed by atoms with Crippen LogP contribution in [0.15, 0.2) is 79.0 Å². The Morgan fingerprint density at radius 1 is 0.943 bits per heavy atom. The summed E-state index contributed by atoms with van der Waals surface area (Å²) < 4.78 is 17.0. The molecule has 35 heavy (non-hydrogen) atoms. The number of methoxy groups -OCH3 is 2. The Kier molecular flexibility index (Phi) is 6.39. The van der Waals surface area contributed by atoms with Gasteiger partial charge in [0, 0.05) is 35.9 Å². The Bertz CT molecular complexity index is 1330. The minimum atomic E-state index is -0.0768. The number of aromatic nitrogens is 1. The molecule has 0 saturated carbocycles. The smallest absolute Gasteiger partial charge is 0.322 e. The van der Waals surface area contributed by atoms with Crippen molar-refractivity contribution in [1.29, 1.82) is 0 Å². The van der Waals surface area contributed by atoms with E-state index in [0.29, 0.717) is 29.5 Å². The summed E-state index contributed by atoms with van der Waals surface area (Å²) in [5.41, 5.74) is 2.80. The fourth-order valence-corrected chi connectivity index (χ4v) is 4.37. The first-order valence-corrected chi connectivity index (χ1v) is 11.5. The zero-order chi connectivity index (χ0) is 24.2. The summed E-state index contributed by atoms with van der Waals surface area (Å²) >= 11 is 0. The number of nitrogens with zero attached hydrogens (tertiary/aromatic N) is 2. The highest BCUT2D eigenvalue weighted by Crippen LogP contribution is 2.37. The summed E-state index contributed by atoms with van der Waals surface area (Å²) in [4.78, 5) is 19.0.